The van der Waals surface area contributed by atoms with Gasteiger partial charge < -0.3 is 25.5 Å². The van der Waals surface area contributed by atoms with Crippen LogP contribution in [0.25, 0.3) is 0 Å². The van der Waals surface area contributed by atoms with Gasteiger partial charge in [0.25, 0.3) is 0 Å². The number of benzene rings is 1. The number of aliphatic hydroxyl groups is 2. The standard InChI is InChI=1S/C16H24N2O4/c1-11-3-2-6-18(9-11)15-5-4-12(7-14(15)16(21)22)17-8-13(20)10-19/h4-5,7,11,13,17,19-20H,2-3,6,8-10H2,1H3,(H,21,22). The monoisotopic (exact) mass is 308 g/mol. The maximum atomic E-state index is 11.5. The molecule has 0 saturated carbocycles. The summed E-state index contributed by atoms with van der Waals surface area (Å²) in [5.74, 6) is -0.396. The topological polar surface area (TPSA) is 93.0 Å². The number of nitrogens with one attached hydrogen (secondary N) is 1. The van der Waals surface area contributed by atoms with Gasteiger partial charge in [-0.05, 0) is 37.0 Å². The fourth-order valence-electron chi connectivity index (χ4n) is 2.80. The van der Waals surface area contributed by atoms with Crippen LogP contribution >= 0.6 is 0 Å². The third kappa shape index (κ3) is 4.11. The van der Waals surface area contributed by atoms with Crippen LogP contribution in [-0.2, 0) is 0 Å². The molecule has 1 fully saturated rings. The Balaban J connectivity index is 2.18. The van der Waals surface area contributed by atoms with Crippen LogP contribution < -0.4 is 10.2 Å². The Labute approximate surface area is 130 Å². The van der Waals surface area contributed by atoms with Gasteiger partial charge in [0, 0.05) is 25.3 Å². The number of rotatable bonds is 6. The van der Waals surface area contributed by atoms with Crippen LogP contribution in [0.3, 0.4) is 0 Å². The smallest absolute Gasteiger partial charge is 0.337 e. The molecule has 0 spiro atoms. The molecule has 1 heterocycles. The van der Waals surface area contributed by atoms with Gasteiger partial charge in [0.15, 0.2) is 0 Å². The lowest BCUT2D eigenvalue weighted by Gasteiger charge is -2.33. The molecule has 1 aromatic carbocycles. The van der Waals surface area contributed by atoms with E-state index in [9.17, 15) is 15.0 Å². The van der Waals surface area contributed by atoms with Gasteiger partial charge in [-0.15, -0.1) is 0 Å². The predicted octanol–water partition coefficient (Wildman–Crippen LogP) is 1.39. The van der Waals surface area contributed by atoms with E-state index in [1.165, 1.54) is 6.42 Å². The van der Waals surface area contributed by atoms with Crippen molar-refractivity contribution in [3.8, 4) is 0 Å². The number of aliphatic hydroxyl groups excluding tert-OH is 2. The molecule has 2 rings (SSSR count). The van der Waals surface area contributed by atoms with E-state index < -0.39 is 12.1 Å². The number of hydrogen-bond acceptors (Lipinski definition) is 5. The van der Waals surface area contributed by atoms with Crippen molar-refractivity contribution >= 4 is 17.3 Å². The summed E-state index contributed by atoms with van der Waals surface area (Å²) < 4.78 is 0. The first-order valence-electron chi connectivity index (χ1n) is 7.66. The zero-order valence-corrected chi connectivity index (χ0v) is 12.8. The van der Waals surface area contributed by atoms with E-state index in [-0.39, 0.29) is 18.7 Å². The summed E-state index contributed by atoms with van der Waals surface area (Å²) in [6.45, 7) is 3.77. The van der Waals surface area contributed by atoms with Crippen molar-refractivity contribution in [3.05, 3.63) is 23.8 Å². The fraction of sp³-hybridized carbons (Fsp3) is 0.562. The Bertz CT molecular complexity index is 521. The van der Waals surface area contributed by atoms with Crippen molar-refractivity contribution in [2.75, 3.05) is 36.5 Å². The summed E-state index contributed by atoms with van der Waals surface area (Å²) >= 11 is 0. The van der Waals surface area contributed by atoms with Crippen molar-refractivity contribution in [1.29, 1.82) is 0 Å². The maximum Gasteiger partial charge on any atom is 0.337 e. The highest BCUT2D eigenvalue weighted by atomic mass is 16.4. The van der Waals surface area contributed by atoms with E-state index in [4.69, 9.17) is 5.11 Å². The fourth-order valence-corrected chi connectivity index (χ4v) is 2.80. The molecule has 1 aliphatic heterocycles. The molecule has 2 atom stereocenters. The van der Waals surface area contributed by atoms with Crippen LogP contribution in [0.1, 0.15) is 30.1 Å². The first-order valence-corrected chi connectivity index (χ1v) is 7.66. The molecule has 22 heavy (non-hydrogen) atoms. The van der Waals surface area contributed by atoms with Crippen molar-refractivity contribution in [3.63, 3.8) is 0 Å². The molecular formula is C16H24N2O4. The maximum absolute atomic E-state index is 11.5. The van der Waals surface area contributed by atoms with E-state index in [1.54, 1.807) is 6.07 Å². The molecule has 0 aliphatic carbocycles. The molecule has 122 valence electrons. The highest BCUT2D eigenvalue weighted by Gasteiger charge is 2.21. The molecule has 0 aromatic heterocycles. The third-order valence-electron chi connectivity index (χ3n) is 3.98. The van der Waals surface area contributed by atoms with Crippen molar-refractivity contribution < 1.29 is 20.1 Å². The van der Waals surface area contributed by atoms with Crippen LogP contribution in [0.5, 0.6) is 0 Å². The summed E-state index contributed by atoms with van der Waals surface area (Å²) in [4.78, 5) is 13.7. The average molecular weight is 308 g/mol. The number of hydrogen-bond donors (Lipinski definition) is 4. The Morgan fingerprint density at radius 2 is 2.27 bits per heavy atom. The predicted molar refractivity (Wildman–Crippen MR) is 85.6 cm³/mol. The van der Waals surface area contributed by atoms with Crippen LogP contribution in [0.2, 0.25) is 0 Å². The Morgan fingerprint density at radius 1 is 1.50 bits per heavy atom. The molecule has 0 radical (unpaired) electrons. The zero-order valence-electron chi connectivity index (χ0n) is 12.8. The van der Waals surface area contributed by atoms with Gasteiger partial charge in [0.05, 0.1) is 24.0 Å². The zero-order chi connectivity index (χ0) is 16.1. The van der Waals surface area contributed by atoms with E-state index in [0.29, 0.717) is 11.6 Å². The Morgan fingerprint density at radius 3 is 2.91 bits per heavy atom. The summed E-state index contributed by atoms with van der Waals surface area (Å²) in [7, 11) is 0. The van der Waals surface area contributed by atoms with Crippen molar-refractivity contribution in [2.24, 2.45) is 5.92 Å². The van der Waals surface area contributed by atoms with Crippen LogP contribution in [-0.4, -0.2) is 53.6 Å². The van der Waals surface area contributed by atoms with Crippen LogP contribution in [0.15, 0.2) is 18.2 Å². The van der Waals surface area contributed by atoms with Crippen LogP contribution in [0.4, 0.5) is 11.4 Å². The number of carbonyl (C=O) groups is 1. The van der Waals surface area contributed by atoms with E-state index in [0.717, 1.165) is 25.2 Å². The number of nitrogens with zero attached hydrogens (tertiary/aromatic N) is 1. The summed E-state index contributed by atoms with van der Waals surface area (Å²) in [6, 6.07) is 5.21. The molecule has 1 aliphatic rings. The molecular weight excluding hydrogens is 284 g/mol. The molecule has 6 nitrogen and oxygen atoms in total. The normalized spacial score (nSPS) is 19.8. The number of carboxylic acid groups (broad SMARTS) is 1. The number of carboxylic acids is 1. The molecule has 0 amide bonds. The molecule has 1 saturated heterocycles. The second kappa shape index (κ2) is 7.47. The van der Waals surface area contributed by atoms with Gasteiger partial charge in [0.1, 0.15) is 0 Å². The average Bonchev–Trinajstić information content (AvgIpc) is 2.52. The van der Waals surface area contributed by atoms with Gasteiger partial charge in [-0.25, -0.2) is 4.79 Å². The number of anilines is 2. The molecule has 6 heteroatoms. The molecule has 1 aromatic rings. The summed E-state index contributed by atoms with van der Waals surface area (Å²) in [5, 5.41) is 30.6. The Kier molecular flexibility index (Phi) is 5.63. The summed E-state index contributed by atoms with van der Waals surface area (Å²) in [5.41, 5.74) is 1.63. The van der Waals surface area contributed by atoms with Crippen molar-refractivity contribution in [2.45, 2.75) is 25.9 Å². The Hall–Kier alpha value is -1.79. The van der Waals surface area contributed by atoms with Gasteiger partial charge in [0.2, 0.25) is 0 Å². The largest absolute Gasteiger partial charge is 0.478 e. The van der Waals surface area contributed by atoms with Gasteiger partial charge in [-0.1, -0.05) is 6.92 Å². The van der Waals surface area contributed by atoms with E-state index >= 15 is 0 Å². The first kappa shape index (κ1) is 16.6. The number of aromatic carboxylic acids is 1. The van der Waals surface area contributed by atoms with Gasteiger partial charge in [-0.3, -0.25) is 0 Å². The van der Waals surface area contributed by atoms with Gasteiger partial charge in [-0.2, -0.15) is 0 Å². The van der Waals surface area contributed by atoms with E-state index in [1.807, 2.05) is 12.1 Å². The molecule has 2 unspecified atom stereocenters. The second-order valence-electron chi connectivity index (χ2n) is 5.95. The van der Waals surface area contributed by atoms with Gasteiger partial charge >= 0.3 is 5.97 Å². The van der Waals surface area contributed by atoms with E-state index in [2.05, 4.69) is 17.1 Å². The highest BCUT2D eigenvalue weighted by Crippen LogP contribution is 2.28. The number of piperidine rings is 1. The van der Waals surface area contributed by atoms with Crippen LogP contribution in [0, 0.1) is 5.92 Å². The SMILES string of the molecule is CC1CCCN(c2ccc(NCC(O)CO)cc2C(=O)O)C1. The van der Waals surface area contributed by atoms with Crippen molar-refractivity contribution in [1.82, 2.24) is 0 Å². The first-order chi connectivity index (χ1) is 10.5. The minimum atomic E-state index is -0.959. The molecule has 0 bridgehead atoms. The minimum absolute atomic E-state index is 0.176. The lowest BCUT2D eigenvalue weighted by Crippen LogP contribution is -2.35. The lowest BCUT2D eigenvalue weighted by atomic mass is 9.98. The highest BCUT2D eigenvalue weighted by molar-refractivity contribution is 5.95. The quantitative estimate of drug-likeness (QED) is 0.634. The second-order valence-corrected chi connectivity index (χ2v) is 5.95. The minimum Gasteiger partial charge on any atom is -0.478 e. The summed E-state index contributed by atoms with van der Waals surface area (Å²) in [6.07, 6.45) is 1.39. The third-order valence-corrected chi connectivity index (χ3v) is 3.98. The lowest BCUT2D eigenvalue weighted by molar-refractivity contribution is 0.0697. The molecule has 4 N–H and O–H groups in total.